The molecule has 1 aromatic heterocycles. The Balaban J connectivity index is 2.60. The lowest BCUT2D eigenvalue weighted by Gasteiger charge is -2.38. The van der Waals surface area contributed by atoms with Crippen molar-refractivity contribution in [2.45, 2.75) is 37.8 Å². The van der Waals surface area contributed by atoms with Gasteiger partial charge >= 0.3 is 0 Å². The normalized spacial score (nSPS) is 14.9. The van der Waals surface area contributed by atoms with Crippen molar-refractivity contribution >= 4 is 5.91 Å². The van der Waals surface area contributed by atoms with Crippen LogP contribution in [0.15, 0.2) is 54.7 Å². The van der Waals surface area contributed by atoms with Crippen LogP contribution in [-0.2, 0) is 10.2 Å². The van der Waals surface area contributed by atoms with E-state index in [1.54, 1.807) is 18.3 Å². The number of aliphatic hydroxyl groups excluding tert-OH is 1. The van der Waals surface area contributed by atoms with Crippen molar-refractivity contribution in [3.8, 4) is 0 Å². The average Bonchev–Trinajstić information content (AvgIpc) is 2.63. The average molecular weight is 355 g/mol. The van der Waals surface area contributed by atoms with E-state index >= 15 is 0 Å². The van der Waals surface area contributed by atoms with Gasteiger partial charge < -0.3 is 15.3 Å². The van der Waals surface area contributed by atoms with Crippen molar-refractivity contribution < 1.29 is 9.90 Å². The Kier molecular flexibility index (Phi) is 6.89. The Morgan fingerprint density at radius 2 is 1.81 bits per heavy atom. The molecule has 26 heavy (non-hydrogen) atoms. The molecule has 2 N–H and O–H groups in total. The minimum Gasteiger partial charge on any atom is -0.385 e. The number of hydrogen-bond acceptors (Lipinski definition) is 4. The third-order valence-corrected chi connectivity index (χ3v) is 4.50. The van der Waals surface area contributed by atoms with Crippen molar-refractivity contribution in [1.29, 1.82) is 0 Å². The maximum absolute atomic E-state index is 13.4. The molecule has 5 nitrogen and oxygen atoms in total. The second kappa shape index (κ2) is 8.92. The van der Waals surface area contributed by atoms with Gasteiger partial charge in [-0.3, -0.25) is 9.78 Å². The molecule has 0 aliphatic carbocycles. The number of pyridine rings is 1. The van der Waals surface area contributed by atoms with E-state index in [2.05, 4.69) is 10.3 Å². The fourth-order valence-electron chi connectivity index (χ4n) is 3.12. The highest BCUT2D eigenvalue weighted by Gasteiger charge is 2.47. The zero-order valence-electron chi connectivity index (χ0n) is 16.0. The lowest BCUT2D eigenvalue weighted by Crippen LogP contribution is -2.52. The van der Waals surface area contributed by atoms with E-state index < -0.39 is 11.5 Å². The molecule has 0 saturated carbocycles. The van der Waals surface area contributed by atoms with Crippen LogP contribution in [0.2, 0.25) is 0 Å². The highest BCUT2D eigenvalue weighted by atomic mass is 16.3. The van der Waals surface area contributed by atoms with Crippen molar-refractivity contribution in [2.24, 2.45) is 0 Å². The first kappa shape index (κ1) is 20.1. The third kappa shape index (κ3) is 4.48. The smallest absolute Gasteiger partial charge is 0.233 e. The van der Waals surface area contributed by atoms with E-state index in [-0.39, 0.29) is 11.9 Å². The van der Waals surface area contributed by atoms with Gasteiger partial charge in [0.05, 0.1) is 5.69 Å². The molecule has 2 atom stereocenters. The minimum atomic E-state index is -1.12. The summed E-state index contributed by atoms with van der Waals surface area (Å²) in [6.07, 6.45) is 1.06. The molecule has 2 rings (SSSR count). The lowest BCUT2D eigenvalue weighted by molar-refractivity contribution is -0.133. The predicted octanol–water partition coefficient (Wildman–Crippen LogP) is 2.53. The van der Waals surface area contributed by atoms with Crippen LogP contribution in [0.4, 0.5) is 0 Å². The van der Waals surface area contributed by atoms with Crippen LogP contribution in [0.3, 0.4) is 0 Å². The van der Waals surface area contributed by atoms with Crippen LogP contribution in [0, 0.1) is 0 Å². The SMILES string of the molecule is CC(C)NC(=O)C(CCN(C)C)(c1ccccc1)C(O)c1ccccn1. The lowest BCUT2D eigenvalue weighted by atomic mass is 9.70. The van der Waals surface area contributed by atoms with Gasteiger partial charge in [-0.15, -0.1) is 0 Å². The summed E-state index contributed by atoms with van der Waals surface area (Å²) < 4.78 is 0. The molecule has 1 aromatic carbocycles. The van der Waals surface area contributed by atoms with Crippen LogP contribution < -0.4 is 5.32 Å². The zero-order chi connectivity index (χ0) is 19.2. The molecule has 1 amide bonds. The maximum Gasteiger partial charge on any atom is 0.233 e. The Labute approximate surface area is 156 Å². The number of rotatable bonds is 8. The van der Waals surface area contributed by atoms with Crippen molar-refractivity contribution in [3.63, 3.8) is 0 Å². The summed E-state index contributed by atoms with van der Waals surface area (Å²) in [5, 5.41) is 14.3. The van der Waals surface area contributed by atoms with Gasteiger partial charge in [0.25, 0.3) is 0 Å². The molecule has 0 saturated heterocycles. The monoisotopic (exact) mass is 355 g/mol. The Morgan fingerprint density at radius 1 is 1.15 bits per heavy atom. The summed E-state index contributed by atoms with van der Waals surface area (Å²) in [5.74, 6) is -0.182. The first-order valence-electron chi connectivity index (χ1n) is 8.98. The van der Waals surface area contributed by atoms with Crippen LogP contribution in [-0.4, -0.2) is 47.6 Å². The minimum absolute atomic E-state index is 0.0270. The van der Waals surface area contributed by atoms with Crippen molar-refractivity contribution in [2.75, 3.05) is 20.6 Å². The number of nitrogens with one attached hydrogen (secondary N) is 1. The highest BCUT2D eigenvalue weighted by molar-refractivity contribution is 5.89. The molecule has 2 aromatic rings. The topological polar surface area (TPSA) is 65.5 Å². The summed E-state index contributed by atoms with van der Waals surface area (Å²) in [7, 11) is 3.92. The fourth-order valence-corrected chi connectivity index (χ4v) is 3.12. The summed E-state index contributed by atoms with van der Waals surface area (Å²) in [6, 6.07) is 14.9. The number of benzene rings is 1. The number of carbonyl (C=O) groups excluding carboxylic acids is 1. The Bertz CT molecular complexity index is 689. The summed E-state index contributed by atoms with van der Waals surface area (Å²) in [6.45, 7) is 4.50. The standard InChI is InChI=1S/C21H29N3O2/c1-16(2)23-20(26)21(13-15-24(3)4,17-10-6-5-7-11-17)19(25)18-12-8-9-14-22-18/h5-12,14,16,19,25H,13,15H2,1-4H3,(H,23,26). The molecule has 0 radical (unpaired) electrons. The second-order valence-corrected chi connectivity index (χ2v) is 7.18. The van der Waals surface area contributed by atoms with Crippen LogP contribution in [0.25, 0.3) is 0 Å². The second-order valence-electron chi connectivity index (χ2n) is 7.18. The molecule has 0 spiro atoms. The third-order valence-electron chi connectivity index (χ3n) is 4.50. The van der Waals surface area contributed by atoms with Gasteiger partial charge in [0.2, 0.25) is 5.91 Å². The van der Waals surface area contributed by atoms with Gasteiger partial charge in [0.15, 0.2) is 0 Å². The number of aliphatic hydroxyl groups is 1. The predicted molar refractivity (Wildman–Crippen MR) is 104 cm³/mol. The molecule has 0 aliphatic rings. The molecule has 0 fully saturated rings. The molecule has 0 aliphatic heterocycles. The van der Waals surface area contributed by atoms with E-state index in [0.717, 1.165) is 5.56 Å². The molecule has 0 bridgehead atoms. The van der Waals surface area contributed by atoms with Crippen molar-refractivity contribution in [3.05, 3.63) is 66.0 Å². The molecule has 5 heteroatoms. The maximum atomic E-state index is 13.4. The van der Waals surface area contributed by atoms with Gasteiger partial charge in [0.1, 0.15) is 11.5 Å². The number of nitrogens with zero attached hydrogens (tertiary/aromatic N) is 2. The number of carbonyl (C=O) groups is 1. The summed E-state index contributed by atoms with van der Waals surface area (Å²) in [5.41, 5.74) is 0.164. The van der Waals surface area contributed by atoms with E-state index in [1.807, 2.05) is 69.2 Å². The Morgan fingerprint density at radius 3 is 2.35 bits per heavy atom. The van der Waals surface area contributed by atoms with Gasteiger partial charge in [-0.2, -0.15) is 0 Å². The molecule has 140 valence electrons. The Hall–Kier alpha value is -2.24. The first-order valence-corrected chi connectivity index (χ1v) is 8.98. The summed E-state index contributed by atoms with van der Waals surface area (Å²) >= 11 is 0. The van der Waals surface area contributed by atoms with E-state index in [9.17, 15) is 9.90 Å². The van der Waals surface area contributed by atoms with Crippen LogP contribution >= 0.6 is 0 Å². The number of aromatic nitrogens is 1. The summed E-state index contributed by atoms with van der Waals surface area (Å²) in [4.78, 5) is 19.7. The molecule has 2 unspecified atom stereocenters. The van der Waals surface area contributed by atoms with Gasteiger partial charge in [-0.05, 0) is 58.6 Å². The number of amides is 1. The fraction of sp³-hybridized carbons (Fsp3) is 0.429. The van der Waals surface area contributed by atoms with Crippen molar-refractivity contribution in [1.82, 2.24) is 15.2 Å². The van der Waals surface area contributed by atoms with Gasteiger partial charge in [-0.1, -0.05) is 36.4 Å². The van der Waals surface area contributed by atoms with Crippen LogP contribution in [0.1, 0.15) is 37.6 Å². The first-order chi connectivity index (χ1) is 12.4. The molecular formula is C21H29N3O2. The quantitative estimate of drug-likeness (QED) is 0.764. The van der Waals surface area contributed by atoms with Crippen LogP contribution in [0.5, 0.6) is 0 Å². The zero-order valence-corrected chi connectivity index (χ0v) is 16.0. The van der Waals surface area contributed by atoms with Gasteiger partial charge in [0, 0.05) is 12.2 Å². The van der Waals surface area contributed by atoms with E-state index in [1.165, 1.54) is 0 Å². The molecular weight excluding hydrogens is 326 g/mol. The number of hydrogen-bond donors (Lipinski definition) is 2. The molecule has 1 heterocycles. The largest absolute Gasteiger partial charge is 0.385 e. The van der Waals surface area contributed by atoms with E-state index in [4.69, 9.17) is 0 Å². The van der Waals surface area contributed by atoms with E-state index in [0.29, 0.717) is 18.7 Å². The van der Waals surface area contributed by atoms with Gasteiger partial charge in [-0.25, -0.2) is 0 Å². The highest BCUT2D eigenvalue weighted by Crippen LogP contribution is 2.40.